The highest BCUT2D eigenvalue weighted by atomic mass is 32.2. The molecule has 0 heterocycles. The average Bonchev–Trinajstić information content (AvgIpc) is 2.46. The van der Waals surface area contributed by atoms with Crippen LogP contribution in [-0.4, -0.2) is 38.4 Å². The standard InChI is InChI=1S/C14H18N2O4S/c1-4-16(5-2)21(18,19)13-10-12(7-6-11(13)3)14(17)20-9-8-15/h6-7,10H,4-5,9H2,1-3H3. The number of esters is 1. The second-order valence-corrected chi connectivity index (χ2v) is 6.21. The van der Waals surface area contributed by atoms with Gasteiger partial charge in [-0.3, -0.25) is 0 Å². The van der Waals surface area contributed by atoms with Gasteiger partial charge in [0.15, 0.2) is 6.61 Å². The number of hydrogen-bond acceptors (Lipinski definition) is 5. The number of ether oxygens (including phenoxy) is 1. The van der Waals surface area contributed by atoms with Crippen molar-refractivity contribution in [3.8, 4) is 6.07 Å². The van der Waals surface area contributed by atoms with E-state index in [-0.39, 0.29) is 17.1 Å². The molecule has 7 heteroatoms. The van der Waals surface area contributed by atoms with E-state index in [9.17, 15) is 13.2 Å². The number of carbonyl (C=O) groups is 1. The molecule has 1 rings (SSSR count). The highest BCUT2D eigenvalue weighted by molar-refractivity contribution is 7.89. The van der Waals surface area contributed by atoms with Crippen molar-refractivity contribution in [1.82, 2.24) is 4.31 Å². The third-order valence-corrected chi connectivity index (χ3v) is 5.21. The van der Waals surface area contributed by atoms with E-state index in [2.05, 4.69) is 4.74 Å². The van der Waals surface area contributed by atoms with Crippen molar-refractivity contribution in [1.29, 1.82) is 5.26 Å². The van der Waals surface area contributed by atoms with Gasteiger partial charge < -0.3 is 4.74 Å². The first-order chi connectivity index (χ1) is 9.88. The maximum atomic E-state index is 12.5. The summed E-state index contributed by atoms with van der Waals surface area (Å²) in [7, 11) is -3.65. The fraction of sp³-hybridized carbons (Fsp3) is 0.429. The van der Waals surface area contributed by atoms with Gasteiger partial charge in [0.25, 0.3) is 0 Å². The summed E-state index contributed by atoms with van der Waals surface area (Å²) in [6, 6.07) is 6.02. The number of sulfonamides is 1. The minimum absolute atomic E-state index is 0.0811. The summed E-state index contributed by atoms with van der Waals surface area (Å²) >= 11 is 0. The molecule has 0 fully saturated rings. The van der Waals surface area contributed by atoms with E-state index in [4.69, 9.17) is 5.26 Å². The van der Waals surface area contributed by atoms with E-state index < -0.39 is 16.0 Å². The number of carbonyl (C=O) groups excluding carboxylic acids is 1. The molecule has 0 aliphatic carbocycles. The van der Waals surface area contributed by atoms with Gasteiger partial charge in [-0.1, -0.05) is 19.9 Å². The number of hydrogen-bond donors (Lipinski definition) is 0. The van der Waals surface area contributed by atoms with Crippen molar-refractivity contribution in [2.75, 3.05) is 19.7 Å². The first-order valence-electron chi connectivity index (χ1n) is 6.53. The van der Waals surface area contributed by atoms with Crippen LogP contribution in [0.2, 0.25) is 0 Å². The summed E-state index contributed by atoms with van der Waals surface area (Å²) in [6.45, 7) is 5.50. The van der Waals surface area contributed by atoms with E-state index in [0.717, 1.165) is 0 Å². The number of rotatable bonds is 6. The molecule has 114 valence electrons. The molecule has 0 aliphatic rings. The third kappa shape index (κ3) is 3.80. The van der Waals surface area contributed by atoms with E-state index in [1.165, 1.54) is 16.4 Å². The van der Waals surface area contributed by atoms with Gasteiger partial charge in [-0.05, 0) is 24.6 Å². The maximum Gasteiger partial charge on any atom is 0.339 e. The average molecular weight is 310 g/mol. The summed E-state index contributed by atoms with van der Waals surface area (Å²) < 4.78 is 31.1. The van der Waals surface area contributed by atoms with Crippen LogP contribution in [0.1, 0.15) is 29.8 Å². The first kappa shape index (κ1) is 17.1. The second-order valence-electron chi connectivity index (χ2n) is 4.30. The van der Waals surface area contributed by atoms with Crippen LogP contribution < -0.4 is 0 Å². The lowest BCUT2D eigenvalue weighted by molar-refractivity contribution is 0.0554. The Morgan fingerprint density at radius 3 is 2.48 bits per heavy atom. The fourth-order valence-electron chi connectivity index (χ4n) is 1.89. The molecule has 0 bridgehead atoms. The molecule has 0 saturated heterocycles. The number of nitriles is 1. The molecule has 6 nitrogen and oxygen atoms in total. The molecule has 0 radical (unpaired) electrons. The van der Waals surface area contributed by atoms with E-state index in [0.29, 0.717) is 18.7 Å². The summed E-state index contributed by atoms with van der Waals surface area (Å²) in [5.41, 5.74) is 0.667. The van der Waals surface area contributed by atoms with Gasteiger partial charge in [0.2, 0.25) is 10.0 Å². The zero-order valence-corrected chi connectivity index (χ0v) is 13.1. The number of benzene rings is 1. The van der Waals surface area contributed by atoms with Crippen molar-refractivity contribution in [3.63, 3.8) is 0 Å². The van der Waals surface area contributed by atoms with Gasteiger partial charge in [-0.25, -0.2) is 13.2 Å². The SMILES string of the molecule is CCN(CC)S(=O)(=O)c1cc(C(=O)OCC#N)ccc1C. The second kappa shape index (κ2) is 7.20. The van der Waals surface area contributed by atoms with Crippen LogP contribution in [0.4, 0.5) is 0 Å². The predicted molar refractivity (Wildman–Crippen MR) is 77.2 cm³/mol. The van der Waals surface area contributed by atoms with Gasteiger partial charge in [-0.15, -0.1) is 0 Å². The van der Waals surface area contributed by atoms with E-state index in [1.54, 1.807) is 32.9 Å². The highest BCUT2D eigenvalue weighted by Gasteiger charge is 2.24. The van der Waals surface area contributed by atoms with Crippen LogP contribution in [-0.2, 0) is 14.8 Å². The van der Waals surface area contributed by atoms with Gasteiger partial charge in [0.05, 0.1) is 10.5 Å². The van der Waals surface area contributed by atoms with Gasteiger partial charge in [-0.2, -0.15) is 9.57 Å². The Balaban J connectivity index is 3.26. The lowest BCUT2D eigenvalue weighted by atomic mass is 10.1. The monoisotopic (exact) mass is 310 g/mol. The molecule has 1 aromatic rings. The summed E-state index contributed by atoms with van der Waals surface area (Å²) in [5, 5.41) is 8.40. The van der Waals surface area contributed by atoms with Crippen molar-refractivity contribution >= 4 is 16.0 Å². The quantitative estimate of drug-likeness (QED) is 0.746. The van der Waals surface area contributed by atoms with Gasteiger partial charge in [0.1, 0.15) is 6.07 Å². The molecule has 0 N–H and O–H groups in total. The first-order valence-corrected chi connectivity index (χ1v) is 7.97. The van der Waals surface area contributed by atoms with E-state index >= 15 is 0 Å². The summed E-state index contributed by atoms with van der Waals surface area (Å²) in [5.74, 6) is -0.715. The zero-order chi connectivity index (χ0) is 16.0. The Labute approximate surface area is 125 Å². The normalized spacial score (nSPS) is 11.2. The third-order valence-electron chi connectivity index (χ3n) is 3.01. The molecular weight excluding hydrogens is 292 g/mol. The van der Waals surface area contributed by atoms with Gasteiger partial charge >= 0.3 is 5.97 Å². The Kier molecular flexibility index (Phi) is 5.88. The van der Waals surface area contributed by atoms with Gasteiger partial charge in [0, 0.05) is 13.1 Å². The van der Waals surface area contributed by atoms with Crippen LogP contribution in [0.5, 0.6) is 0 Å². The van der Waals surface area contributed by atoms with Crippen LogP contribution in [0.25, 0.3) is 0 Å². The molecule has 0 saturated carbocycles. The minimum Gasteiger partial charge on any atom is -0.447 e. The molecule has 0 aliphatic heterocycles. The Bertz CT molecular complexity index is 658. The summed E-state index contributed by atoms with van der Waals surface area (Å²) in [4.78, 5) is 11.8. The molecule has 0 atom stereocenters. The number of aryl methyl sites for hydroxylation is 1. The van der Waals surface area contributed by atoms with Crippen molar-refractivity contribution < 1.29 is 17.9 Å². The molecular formula is C14H18N2O4S. The van der Waals surface area contributed by atoms with Crippen LogP contribution in [0.15, 0.2) is 23.1 Å². The predicted octanol–water partition coefficient (Wildman–Crippen LogP) is 1.71. The van der Waals surface area contributed by atoms with Crippen molar-refractivity contribution in [2.45, 2.75) is 25.7 Å². The highest BCUT2D eigenvalue weighted by Crippen LogP contribution is 2.21. The van der Waals surface area contributed by atoms with Crippen LogP contribution in [0, 0.1) is 18.3 Å². The molecule has 0 spiro atoms. The largest absolute Gasteiger partial charge is 0.447 e. The minimum atomic E-state index is -3.65. The smallest absolute Gasteiger partial charge is 0.339 e. The molecule has 0 unspecified atom stereocenters. The topological polar surface area (TPSA) is 87.5 Å². The van der Waals surface area contributed by atoms with Crippen LogP contribution >= 0.6 is 0 Å². The lowest BCUT2D eigenvalue weighted by Gasteiger charge is -2.20. The molecule has 0 aromatic heterocycles. The van der Waals surface area contributed by atoms with Crippen LogP contribution in [0.3, 0.4) is 0 Å². The Morgan fingerprint density at radius 1 is 1.33 bits per heavy atom. The maximum absolute atomic E-state index is 12.5. The fourth-order valence-corrected chi connectivity index (χ4v) is 3.60. The Morgan fingerprint density at radius 2 is 1.95 bits per heavy atom. The summed E-state index contributed by atoms with van der Waals surface area (Å²) in [6.07, 6.45) is 0. The number of nitrogens with zero attached hydrogens (tertiary/aromatic N) is 2. The van der Waals surface area contributed by atoms with Crippen molar-refractivity contribution in [2.24, 2.45) is 0 Å². The molecule has 0 amide bonds. The molecule has 1 aromatic carbocycles. The van der Waals surface area contributed by atoms with E-state index in [1.807, 2.05) is 0 Å². The molecule has 21 heavy (non-hydrogen) atoms. The van der Waals surface area contributed by atoms with Crippen molar-refractivity contribution in [3.05, 3.63) is 29.3 Å². The Hall–Kier alpha value is -1.91. The zero-order valence-electron chi connectivity index (χ0n) is 12.3. The lowest BCUT2D eigenvalue weighted by Crippen LogP contribution is -2.31.